The first-order valence-corrected chi connectivity index (χ1v) is 9.65. The standard InChI is InChI=1S/C18H12Cl2N4O2S/c1-10-15(17(23-25-10)16-11(19)5-4-6-12(16)20)18-22-13(26-24-18)9-27-14-7-2-3-8-21-14/h2-8H,9H2,1H3. The predicted octanol–water partition coefficient (Wildman–Crippen LogP) is 5.69. The molecule has 0 aliphatic rings. The number of halogens is 2. The van der Waals surface area contributed by atoms with E-state index in [0.717, 1.165) is 5.03 Å². The molecule has 0 N–H and O–H groups in total. The van der Waals surface area contributed by atoms with Gasteiger partial charge in [-0.25, -0.2) is 4.98 Å². The summed E-state index contributed by atoms with van der Waals surface area (Å²) in [5, 5.41) is 9.98. The highest BCUT2D eigenvalue weighted by molar-refractivity contribution is 7.98. The molecule has 9 heteroatoms. The van der Waals surface area contributed by atoms with Gasteiger partial charge in [0, 0.05) is 11.8 Å². The molecule has 0 aliphatic carbocycles. The molecule has 0 spiro atoms. The molecule has 0 saturated carbocycles. The predicted molar refractivity (Wildman–Crippen MR) is 104 cm³/mol. The molecule has 0 fully saturated rings. The van der Waals surface area contributed by atoms with Gasteiger partial charge in [-0.15, -0.1) is 0 Å². The van der Waals surface area contributed by atoms with Gasteiger partial charge in [0.05, 0.1) is 26.4 Å². The lowest BCUT2D eigenvalue weighted by Crippen LogP contribution is -1.89. The van der Waals surface area contributed by atoms with Crippen molar-refractivity contribution in [1.29, 1.82) is 0 Å². The molecule has 0 bridgehead atoms. The van der Waals surface area contributed by atoms with Crippen LogP contribution >= 0.6 is 35.0 Å². The molecule has 27 heavy (non-hydrogen) atoms. The topological polar surface area (TPSA) is 77.8 Å². The normalized spacial score (nSPS) is 11.1. The zero-order valence-corrected chi connectivity index (χ0v) is 16.3. The van der Waals surface area contributed by atoms with E-state index in [1.54, 1.807) is 31.3 Å². The third-order valence-corrected chi connectivity index (χ3v) is 5.29. The van der Waals surface area contributed by atoms with E-state index in [1.165, 1.54) is 11.8 Å². The summed E-state index contributed by atoms with van der Waals surface area (Å²) < 4.78 is 10.7. The highest BCUT2D eigenvalue weighted by atomic mass is 35.5. The monoisotopic (exact) mass is 418 g/mol. The summed E-state index contributed by atoms with van der Waals surface area (Å²) in [5.41, 5.74) is 1.65. The Morgan fingerprint density at radius 2 is 1.78 bits per heavy atom. The molecule has 6 nitrogen and oxygen atoms in total. The van der Waals surface area contributed by atoms with E-state index >= 15 is 0 Å². The Bertz CT molecular complexity index is 1060. The summed E-state index contributed by atoms with van der Waals surface area (Å²) in [6.45, 7) is 1.77. The van der Waals surface area contributed by atoms with Gasteiger partial charge in [0.15, 0.2) is 0 Å². The Kier molecular flexibility index (Phi) is 5.15. The van der Waals surface area contributed by atoms with Gasteiger partial charge in [-0.2, -0.15) is 4.98 Å². The molecule has 0 unspecified atom stereocenters. The third kappa shape index (κ3) is 3.71. The molecule has 3 heterocycles. The first-order valence-electron chi connectivity index (χ1n) is 7.91. The molecule has 1 aromatic carbocycles. The van der Waals surface area contributed by atoms with E-state index < -0.39 is 0 Å². The van der Waals surface area contributed by atoms with Gasteiger partial charge < -0.3 is 9.05 Å². The van der Waals surface area contributed by atoms with Gasteiger partial charge in [0.2, 0.25) is 11.7 Å². The van der Waals surface area contributed by atoms with Crippen molar-refractivity contribution in [1.82, 2.24) is 20.3 Å². The zero-order chi connectivity index (χ0) is 18.8. The van der Waals surface area contributed by atoms with Crippen LogP contribution < -0.4 is 0 Å². The highest BCUT2D eigenvalue weighted by Gasteiger charge is 2.24. The van der Waals surface area contributed by atoms with Crippen LogP contribution in [-0.4, -0.2) is 20.3 Å². The highest BCUT2D eigenvalue weighted by Crippen LogP contribution is 2.40. The summed E-state index contributed by atoms with van der Waals surface area (Å²) in [5.74, 6) is 1.89. The van der Waals surface area contributed by atoms with Crippen molar-refractivity contribution in [2.24, 2.45) is 0 Å². The van der Waals surface area contributed by atoms with Gasteiger partial charge in [-0.1, -0.05) is 57.4 Å². The van der Waals surface area contributed by atoms with E-state index in [4.69, 9.17) is 32.2 Å². The van der Waals surface area contributed by atoms with Crippen molar-refractivity contribution in [2.45, 2.75) is 17.7 Å². The maximum absolute atomic E-state index is 6.31. The number of aryl methyl sites for hydroxylation is 1. The molecule has 0 radical (unpaired) electrons. The quantitative estimate of drug-likeness (QED) is 0.384. The van der Waals surface area contributed by atoms with Crippen LogP contribution in [0.4, 0.5) is 0 Å². The summed E-state index contributed by atoms with van der Waals surface area (Å²) in [6, 6.07) is 11.0. The number of pyridine rings is 1. The van der Waals surface area contributed by atoms with E-state index in [0.29, 0.717) is 50.1 Å². The van der Waals surface area contributed by atoms with Crippen molar-refractivity contribution in [3.8, 4) is 22.6 Å². The van der Waals surface area contributed by atoms with Crippen molar-refractivity contribution in [3.63, 3.8) is 0 Å². The fourth-order valence-corrected chi connectivity index (χ4v) is 3.79. The number of benzene rings is 1. The fraction of sp³-hybridized carbons (Fsp3) is 0.111. The minimum absolute atomic E-state index is 0.372. The smallest absolute Gasteiger partial charge is 0.237 e. The second kappa shape index (κ2) is 7.72. The first-order chi connectivity index (χ1) is 13.1. The van der Waals surface area contributed by atoms with E-state index in [2.05, 4.69) is 20.3 Å². The van der Waals surface area contributed by atoms with Crippen molar-refractivity contribution in [2.75, 3.05) is 0 Å². The molecule has 136 valence electrons. The zero-order valence-electron chi connectivity index (χ0n) is 14.0. The van der Waals surface area contributed by atoms with E-state index in [9.17, 15) is 0 Å². The lowest BCUT2D eigenvalue weighted by molar-refractivity contribution is 0.390. The van der Waals surface area contributed by atoms with Crippen molar-refractivity contribution >= 4 is 35.0 Å². The summed E-state index contributed by atoms with van der Waals surface area (Å²) in [7, 11) is 0. The number of aromatic nitrogens is 4. The van der Waals surface area contributed by atoms with E-state index in [1.807, 2.05) is 18.2 Å². The van der Waals surface area contributed by atoms with Gasteiger partial charge >= 0.3 is 0 Å². The van der Waals surface area contributed by atoms with Crippen molar-refractivity contribution < 1.29 is 9.05 Å². The number of thioether (sulfide) groups is 1. The molecular weight excluding hydrogens is 407 g/mol. The largest absolute Gasteiger partial charge is 0.360 e. The van der Waals surface area contributed by atoms with Gasteiger partial charge in [0.25, 0.3) is 0 Å². The molecule has 0 amide bonds. The molecular formula is C18H12Cl2N4O2S. The van der Waals surface area contributed by atoms with Crippen LogP contribution in [0.2, 0.25) is 10.0 Å². The molecule has 0 atom stereocenters. The first kappa shape index (κ1) is 18.0. The maximum Gasteiger partial charge on any atom is 0.237 e. The van der Waals surface area contributed by atoms with Crippen LogP contribution in [0.25, 0.3) is 22.6 Å². The second-order valence-electron chi connectivity index (χ2n) is 5.53. The SMILES string of the molecule is Cc1onc(-c2c(Cl)cccc2Cl)c1-c1noc(CSc2ccccn2)n1. The van der Waals surface area contributed by atoms with Crippen LogP contribution in [0.15, 0.2) is 56.7 Å². The Labute approximate surface area is 168 Å². The minimum atomic E-state index is 0.372. The number of hydrogen-bond donors (Lipinski definition) is 0. The second-order valence-corrected chi connectivity index (χ2v) is 7.34. The summed E-state index contributed by atoms with van der Waals surface area (Å²) >= 11 is 14.1. The Morgan fingerprint density at radius 3 is 2.52 bits per heavy atom. The van der Waals surface area contributed by atoms with Gasteiger partial charge in [-0.3, -0.25) is 0 Å². The molecule has 4 aromatic rings. The van der Waals surface area contributed by atoms with E-state index in [-0.39, 0.29) is 0 Å². The number of nitrogens with zero attached hydrogens (tertiary/aromatic N) is 4. The molecule has 0 saturated heterocycles. The van der Waals surface area contributed by atoms with Crippen LogP contribution in [0.3, 0.4) is 0 Å². The summed E-state index contributed by atoms with van der Waals surface area (Å²) in [4.78, 5) is 8.72. The molecule has 4 rings (SSSR count). The minimum Gasteiger partial charge on any atom is -0.360 e. The number of rotatable bonds is 5. The summed E-state index contributed by atoms with van der Waals surface area (Å²) in [6.07, 6.45) is 1.74. The van der Waals surface area contributed by atoms with Gasteiger partial charge in [-0.05, 0) is 31.2 Å². The average molecular weight is 419 g/mol. The van der Waals surface area contributed by atoms with Crippen LogP contribution in [0.5, 0.6) is 0 Å². The maximum atomic E-state index is 6.31. The Hall–Kier alpha value is -2.35. The lowest BCUT2D eigenvalue weighted by atomic mass is 10.1. The lowest BCUT2D eigenvalue weighted by Gasteiger charge is -2.04. The molecule has 0 aliphatic heterocycles. The fourth-order valence-electron chi connectivity index (χ4n) is 2.51. The molecule has 3 aromatic heterocycles. The van der Waals surface area contributed by atoms with Crippen LogP contribution in [0.1, 0.15) is 11.7 Å². The van der Waals surface area contributed by atoms with Crippen LogP contribution in [0, 0.1) is 6.92 Å². The Morgan fingerprint density at radius 1 is 0.963 bits per heavy atom. The third-order valence-electron chi connectivity index (χ3n) is 3.74. The Balaban J connectivity index is 1.65. The van der Waals surface area contributed by atoms with Crippen molar-refractivity contribution in [3.05, 3.63) is 64.3 Å². The number of hydrogen-bond acceptors (Lipinski definition) is 7. The van der Waals surface area contributed by atoms with Crippen LogP contribution in [-0.2, 0) is 5.75 Å². The van der Waals surface area contributed by atoms with Gasteiger partial charge in [0.1, 0.15) is 11.5 Å². The average Bonchev–Trinajstić information content (AvgIpc) is 3.27.